The molecule has 0 spiro atoms. The van der Waals surface area contributed by atoms with Crippen LogP contribution in [-0.4, -0.2) is 60.4 Å². The summed E-state index contributed by atoms with van der Waals surface area (Å²) < 4.78 is 0.886. The summed E-state index contributed by atoms with van der Waals surface area (Å²) in [5.74, 6) is -0.613. The van der Waals surface area contributed by atoms with Crippen LogP contribution in [0.15, 0.2) is 28.7 Å². The van der Waals surface area contributed by atoms with Crippen molar-refractivity contribution in [2.24, 2.45) is 0 Å². The molecule has 1 aromatic carbocycles. The Morgan fingerprint density at radius 3 is 2.46 bits per heavy atom. The van der Waals surface area contributed by atoms with E-state index in [-0.39, 0.29) is 12.5 Å². The van der Waals surface area contributed by atoms with Gasteiger partial charge in [0.05, 0.1) is 0 Å². The molecular weight excluding hydrogens is 376 g/mol. The Balaban J connectivity index is 1.76. The quantitative estimate of drug-likeness (QED) is 0.737. The van der Waals surface area contributed by atoms with E-state index in [1.165, 1.54) is 0 Å². The lowest BCUT2D eigenvalue weighted by molar-refractivity contribution is -0.139. The number of amides is 4. The second-order valence-corrected chi connectivity index (χ2v) is 7.00. The molecule has 2 fully saturated rings. The predicted molar refractivity (Wildman–Crippen MR) is 91.2 cm³/mol. The highest BCUT2D eigenvalue weighted by Crippen LogP contribution is 2.29. The van der Waals surface area contributed by atoms with Crippen molar-refractivity contribution in [3.8, 4) is 0 Å². The zero-order valence-corrected chi connectivity index (χ0v) is 14.9. The highest BCUT2D eigenvalue weighted by Gasteiger charge is 2.49. The first-order valence-corrected chi connectivity index (χ1v) is 8.60. The lowest BCUT2D eigenvalue weighted by atomic mass is 9.92. The molecule has 8 heteroatoms. The number of nitrogens with zero attached hydrogens (tertiary/aromatic N) is 2. The van der Waals surface area contributed by atoms with Gasteiger partial charge in [0.15, 0.2) is 0 Å². The number of rotatable bonds is 3. The maximum absolute atomic E-state index is 12.8. The third kappa shape index (κ3) is 3.03. The number of halogens is 1. The van der Waals surface area contributed by atoms with E-state index >= 15 is 0 Å². The molecule has 1 aromatic rings. The van der Waals surface area contributed by atoms with Crippen LogP contribution in [0.25, 0.3) is 0 Å². The molecule has 2 N–H and O–H groups in total. The molecule has 2 heterocycles. The second kappa shape index (κ2) is 6.52. The lowest BCUT2D eigenvalue weighted by Crippen LogP contribution is -2.50. The Morgan fingerprint density at radius 1 is 1.21 bits per heavy atom. The van der Waals surface area contributed by atoms with E-state index in [2.05, 4.69) is 26.6 Å². The highest BCUT2D eigenvalue weighted by atomic mass is 79.9. The molecule has 2 saturated heterocycles. The van der Waals surface area contributed by atoms with Crippen molar-refractivity contribution in [2.75, 3.05) is 32.7 Å². The minimum atomic E-state index is -1.15. The third-order valence-electron chi connectivity index (χ3n) is 4.46. The Kier molecular flexibility index (Phi) is 4.60. The zero-order valence-electron chi connectivity index (χ0n) is 13.3. The molecule has 4 amide bonds. The molecule has 2 aliphatic rings. The summed E-state index contributed by atoms with van der Waals surface area (Å²) in [7, 11) is 0. The number of carbonyl (C=O) groups excluding carboxylic acids is 3. The van der Waals surface area contributed by atoms with Crippen molar-refractivity contribution in [3.05, 3.63) is 34.3 Å². The van der Waals surface area contributed by atoms with Crippen LogP contribution in [0.3, 0.4) is 0 Å². The number of nitrogens with one attached hydrogen (secondary N) is 2. The van der Waals surface area contributed by atoms with Crippen molar-refractivity contribution < 1.29 is 14.4 Å². The molecule has 0 radical (unpaired) electrons. The van der Waals surface area contributed by atoms with Crippen LogP contribution < -0.4 is 10.6 Å². The second-order valence-electron chi connectivity index (χ2n) is 6.08. The van der Waals surface area contributed by atoms with E-state index in [1.54, 1.807) is 24.0 Å². The molecular formula is C16H19BrN4O3. The van der Waals surface area contributed by atoms with Gasteiger partial charge in [0.25, 0.3) is 5.91 Å². The van der Waals surface area contributed by atoms with Gasteiger partial charge in [0.2, 0.25) is 5.91 Å². The average Bonchev–Trinajstić information content (AvgIpc) is 2.80. The van der Waals surface area contributed by atoms with Gasteiger partial charge in [-0.15, -0.1) is 0 Å². The summed E-state index contributed by atoms with van der Waals surface area (Å²) in [6.45, 7) is 4.06. The summed E-state index contributed by atoms with van der Waals surface area (Å²) in [5, 5.41) is 5.88. The Morgan fingerprint density at radius 2 is 1.83 bits per heavy atom. The van der Waals surface area contributed by atoms with Gasteiger partial charge < -0.3 is 15.5 Å². The van der Waals surface area contributed by atoms with Crippen LogP contribution in [0, 0.1) is 0 Å². The Bertz CT molecular complexity index is 672. The largest absolute Gasteiger partial charge is 0.339 e. The Hall–Kier alpha value is -1.93. The van der Waals surface area contributed by atoms with Crippen molar-refractivity contribution in [1.82, 2.24) is 20.4 Å². The minimum Gasteiger partial charge on any atom is -0.339 e. The normalized spacial score (nSPS) is 24.2. The van der Waals surface area contributed by atoms with E-state index in [9.17, 15) is 14.4 Å². The van der Waals surface area contributed by atoms with Crippen molar-refractivity contribution in [3.63, 3.8) is 0 Å². The number of carbonyl (C=O) groups is 3. The van der Waals surface area contributed by atoms with Gasteiger partial charge in [-0.2, -0.15) is 0 Å². The van der Waals surface area contributed by atoms with E-state index in [0.717, 1.165) is 22.5 Å². The topological polar surface area (TPSA) is 81.8 Å². The van der Waals surface area contributed by atoms with E-state index in [4.69, 9.17) is 0 Å². The van der Waals surface area contributed by atoms with E-state index in [1.807, 2.05) is 12.1 Å². The first-order chi connectivity index (χ1) is 11.4. The van der Waals surface area contributed by atoms with Gasteiger partial charge in [-0.25, -0.2) is 4.79 Å². The first-order valence-electron chi connectivity index (χ1n) is 7.80. The summed E-state index contributed by atoms with van der Waals surface area (Å²) in [5.41, 5.74) is -0.470. The number of benzene rings is 1. The van der Waals surface area contributed by atoms with Crippen LogP contribution in [0.2, 0.25) is 0 Å². The summed E-state index contributed by atoms with van der Waals surface area (Å²) in [6, 6.07) is 6.66. The number of piperazine rings is 1. The number of hydrogen-bond donors (Lipinski definition) is 2. The van der Waals surface area contributed by atoms with E-state index in [0.29, 0.717) is 18.7 Å². The Labute approximate surface area is 148 Å². The number of urea groups is 1. The molecule has 0 bridgehead atoms. The summed E-state index contributed by atoms with van der Waals surface area (Å²) in [6.07, 6.45) is 0. The van der Waals surface area contributed by atoms with Gasteiger partial charge in [-0.3, -0.25) is 14.5 Å². The molecule has 7 nitrogen and oxygen atoms in total. The predicted octanol–water partition coefficient (Wildman–Crippen LogP) is 0.648. The summed E-state index contributed by atoms with van der Waals surface area (Å²) in [4.78, 5) is 40.1. The van der Waals surface area contributed by atoms with Gasteiger partial charge in [-0.05, 0) is 24.6 Å². The van der Waals surface area contributed by atoms with Gasteiger partial charge >= 0.3 is 6.03 Å². The molecule has 0 saturated carbocycles. The molecule has 0 aromatic heterocycles. The standard InChI is InChI=1S/C16H19BrN4O3/c1-16(11-2-4-12(17)5-3-11)14(23)21(15(24)19-16)10-13(22)20-8-6-18-7-9-20/h2-5,18H,6-10H2,1H3,(H,19,24). The van der Waals surface area contributed by atoms with Crippen LogP contribution >= 0.6 is 15.9 Å². The highest BCUT2D eigenvalue weighted by molar-refractivity contribution is 9.10. The maximum atomic E-state index is 12.8. The fraction of sp³-hybridized carbons (Fsp3) is 0.438. The van der Waals surface area contributed by atoms with Crippen LogP contribution in [-0.2, 0) is 15.1 Å². The lowest BCUT2D eigenvalue weighted by Gasteiger charge is -2.28. The molecule has 0 aliphatic carbocycles. The summed E-state index contributed by atoms with van der Waals surface area (Å²) >= 11 is 3.35. The molecule has 128 valence electrons. The zero-order chi connectivity index (χ0) is 17.3. The van der Waals surface area contributed by atoms with Crippen molar-refractivity contribution in [1.29, 1.82) is 0 Å². The molecule has 24 heavy (non-hydrogen) atoms. The van der Waals surface area contributed by atoms with Gasteiger partial charge in [-0.1, -0.05) is 28.1 Å². The SMILES string of the molecule is CC1(c2ccc(Br)cc2)NC(=O)N(CC(=O)N2CCNCC2)C1=O. The minimum absolute atomic E-state index is 0.208. The van der Waals surface area contributed by atoms with Crippen molar-refractivity contribution >= 4 is 33.8 Å². The molecule has 1 atom stereocenters. The van der Waals surface area contributed by atoms with Crippen LogP contribution in [0.5, 0.6) is 0 Å². The van der Waals surface area contributed by atoms with Crippen LogP contribution in [0.4, 0.5) is 4.79 Å². The van der Waals surface area contributed by atoms with E-state index < -0.39 is 17.5 Å². The van der Waals surface area contributed by atoms with Crippen LogP contribution in [0.1, 0.15) is 12.5 Å². The monoisotopic (exact) mass is 394 g/mol. The average molecular weight is 395 g/mol. The smallest absolute Gasteiger partial charge is 0.325 e. The molecule has 1 unspecified atom stereocenters. The molecule has 2 aliphatic heterocycles. The fourth-order valence-electron chi connectivity index (χ4n) is 2.97. The third-order valence-corrected chi connectivity index (χ3v) is 4.99. The fourth-order valence-corrected chi connectivity index (χ4v) is 3.23. The first kappa shape index (κ1) is 16.9. The number of imide groups is 1. The van der Waals surface area contributed by atoms with Gasteiger partial charge in [0.1, 0.15) is 12.1 Å². The number of hydrogen-bond acceptors (Lipinski definition) is 4. The van der Waals surface area contributed by atoms with Crippen molar-refractivity contribution in [2.45, 2.75) is 12.5 Å². The maximum Gasteiger partial charge on any atom is 0.325 e. The van der Waals surface area contributed by atoms with Gasteiger partial charge in [0, 0.05) is 30.7 Å². The molecule has 3 rings (SSSR count).